The predicted molar refractivity (Wildman–Crippen MR) is 79.4 cm³/mol. The summed E-state index contributed by atoms with van der Waals surface area (Å²) in [5.41, 5.74) is 8.22. The predicted octanol–water partition coefficient (Wildman–Crippen LogP) is 1.74. The number of nitrogens with zero attached hydrogens (tertiary/aromatic N) is 1. The molecular formula is C17H16N2O2. The van der Waals surface area contributed by atoms with Crippen molar-refractivity contribution in [3.05, 3.63) is 71.3 Å². The van der Waals surface area contributed by atoms with E-state index in [1.165, 1.54) is 0 Å². The summed E-state index contributed by atoms with van der Waals surface area (Å²) in [5.74, 6) is -0.623. The van der Waals surface area contributed by atoms with E-state index in [-0.39, 0.29) is 5.91 Å². The Kier molecular flexibility index (Phi) is 3.44. The molecule has 0 unspecified atom stereocenters. The molecule has 2 aromatic rings. The lowest BCUT2D eigenvalue weighted by atomic mass is 9.93. The van der Waals surface area contributed by atoms with Crippen LogP contribution in [0.4, 0.5) is 0 Å². The molecule has 2 aromatic carbocycles. The van der Waals surface area contributed by atoms with Gasteiger partial charge in [-0.1, -0.05) is 42.5 Å². The van der Waals surface area contributed by atoms with Crippen molar-refractivity contribution in [2.24, 2.45) is 5.73 Å². The number of hydrogen-bond donors (Lipinski definition) is 1. The van der Waals surface area contributed by atoms with Crippen LogP contribution in [0.25, 0.3) is 0 Å². The fraction of sp³-hybridized carbons (Fsp3) is 0.176. The average molecular weight is 280 g/mol. The highest BCUT2D eigenvalue weighted by molar-refractivity contribution is 5.97. The van der Waals surface area contributed by atoms with E-state index in [1.807, 2.05) is 42.5 Å². The summed E-state index contributed by atoms with van der Waals surface area (Å²) in [7, 11) is 0. The second-order valence-corrected chi connectivity index (χ2v) is 5.19. The third-order valence-electron chi connectivity index (χ3n) is 3.86. The molecule has 1 aliphatic rings. The normalized spacial score (nSPS) is 17.1. The molecule has 1 atom stereocenters. The van der Waals surface area contributed by atoms with Crippen molar-refractivity contribution in [1.82, 2.24) is 4.90 Å². The van der Waals surface area contributed by atoms with Crippen LogP contribution in [0.2, 0.25) is 0 Å². The van der Waals surface area contributed by atoms with E-state index in [0.29, 0.717) is 18.5 Å². The first-order valence-corrected chi connectivity index (χ1v) is 6.89. The van der Waals surface area contributed by atoms with E-state index in [0.717, 1.165) is 11.1 Å². The molecule has 0 saturated carbocycles. The summed E-state index contributed by atoms with van der Waals surface area (Å²) in [6, 6.07) is 16.2. The van der Waals surface area contributed by atoms with Crippen LogP contribution in [0.5, 0.6) is 0 Å². The molecule has 0 aliphatic carbocycles. The molecule has 0 bridgehead atoms. The van der Waals surface area contributed by atoms with Gasteiger partial charge in [0.1, 0.15) is 6.04 Å². The van der Waals surface area contributed by atoms with Crippen molar-refractivity contribution < 1.29 is 9.59 Å². The lowest BCUT2D eigenvalue weighted by molar-refractivity contribution is -0.122. The number of benzene rings is 2. The Morgan fingerprint density at radius 3 is 2.24 bits per heavy atom. The number of primary amides is 1. The number of nitrogens with two attached hydrogens (primary N) is 1. The Morgan fingerprint density at radius 2 is 1.57 bits per heavy atom. The van der Waals surface area contributed by atoms with Crippen LogP contribution >= 0.6 is 0 Å². The van der Waals surface area contributed by atoms with Crippen molar-refractivity contribution in [2.75, 3.05) is 0 Å². The van der Waals surface area contributed by atoms with Crippen molar-refractivity contribution in [3.8, 4) is 0 Å². The van der Waals surface area contributed by atoms with Crippen LogP contribution in [-0.2, 0) is 17.8 Å². The molecule has 0 saturated heterocycles. The number of rotatable bonds is 2. The molecule has 4 nitrogen and oxygen atoms in total. The second-order valence-electron chi connectivity index (χ2n) is 5.19. The van der Waals surface area contributed by atoms with E-state index >= 15 is 0 Å². The summed E-state index contributed by atoms with van der Waals surface area (Å²) in [6.45, 7) is 0.414. The van der Waals surface area contributed by atoms with E-state index in [2.05, 4.69) is 0 Å². The molecule has 2 N–H and O–H groups in total. The third kappa shape index (κ3) is 2.52. The van der Waals surface area contributed by atoms with Gasteiger partial charge in [-0.05, 0) is 23.3 Å². The monoisotopic (exact) mass is 280 g/mol. The van der Waals surface area contributed by atoms with Gasteiger partial charge in [0.2, 0.25) is 5.91 Å². The Hall–Kier alpha value is -2.62. The van der Waals surface area contributed by atoms with Crippen molar-refractivity contribution in [1.29, 1.82) is 0 Å². The maximum absolute atomic E-state index is 12.6. The largest absolute Gasteiger partial charge is 0.368 e. The van der Waals surface area contributed by atoms with Gasteiger partial charge in [0.25, 0.3) is 5.91 Å². The molecule has 106 valence electrons. The third-order valence-corrected chi connectivity index (χ3v) is 3.86. The van der Waals surface area contributed by atoms with Gasteiger partial charge in [-0.15, -0.1) is 0 Å². The molecule has 0 aromatic heterocycles. The lowest BCUT2D eigenvalue weighted by Gasteiger charge is -2.35. The fourth-order valence-electron chi connectivity index (χ4n) is 2.74. The minimum atomic E-state index is -0.590. The number of amides is 2. The highest BCUT2D eigenvalue weighted by atomic mass is 16.2. The van der Waals surface area contributed by atoms with E-state index in [9.17, 15) is 9.59 Å². The molecule has 0 radical (unpaired) electrons. The van der Waals surface area contributed by atoms with Gasteiger partial charge >= 0.3 is 0 Å². The summed E-state index contributed by atoms with van der Waals surface area (Å²) in [4.78, 5) is 26.0. The smallest absolute Gasteiger partial charge is 0.254 e. The van der Waals surface area contributed by atoms with Gasteiger partial charge in [-0.3, -0.25) is 9.59 Å². The summed E-state index contributed by atoms with van der Waals surface area (Å²) in [6.07, 6.45) is 0.476. The van der Waals surface area contributed by atoms with Gasteiger partial charge < -0.3 is 10.6 Å². The van der Waals surface area contributed by atoms with Crippen molar-refractivity contribution in [3.63, 3.8) is 0 Å². The molecule has 21 heavy (non-hydrogen) atoms. The number of carbonyl (C=O) groups is 2. The van der Waals surface area contributed by atoms with Crippen LogP contribution in [0.1, 0.15) is 21.5 Å². The first kappa shape index (κ1) is 13.4. The zero-order valence-electron chi connectivity index (χ0n) is 11.5. The van der Waals surface area contributed by atoms with Crippen LogP contribution in [0.3, 0.4) is 0 Å². The molecule has 3 rings (SSSR count). The molecule has 1 heterocycles. The minimum absolute atomic E-state index is 0.158. The van der Waals surface area contributed by atoms with E-state index in [1.54, 1.807) is 17.0 Å². The molecular weight excluding hydrogens is 264 g/mol. The lowest BCUT2D eigenvalue weighted by Crippen LogP contribution is -2.51. The molecule has 0 spiro atoms. The highest BCUT2D eigenvalue weighted by Crippen LogP contribution is 2.24. The second kappa shape index (κ2) is 5.40. The van der Waals surface area contributed by atoms with Gasteiger partial charge in [0, 0.05) is 18.5 Å². The van der Waals surface area contributed by atoms with Gasteiger partial charge in [-0.25, -0.2) is 0 Å². The first-order chi connectivity index (χ1) is 10.2. The van der Waals surface area contributed by atoms with Gasteiger partial charge in [-0.2, -0.15) is 0 Å². The average Bonchev–Trinajstić information content (AvgIpc) is 2.53. The van der Waals surface area contributed by atoms with Crippen LogP contribution in [0, 0.1) is 0 Å². The minimum Gasteiger partial charge on any atom is -0.368 e. The Balaban J connectivity index is 1.96. The molecule has 2 amide bonds. The summed E-state index contributed by atoms with van der Waals surface area (Å²) >= 11 is 0. The summed E-state index contributed by atoms with van der Waals surface area (Å²) in [5, 5.41) is 0. The SMILES string of the molecule is NC(=O)[C@H]1Cc2ccccc2CN1C(=O)c1ccccc1. The number of hydrogen-bond acceptors (Lipinski definition) is 2. The first-order valence-electron chi connectivity index (χ1n) is 6.89. The highest BCUT2D eigenvalue weighted by Gasteiger charge is 2.33. The van der Waals surface area contributed by atoms with Crippen molar-refractivity contribution >= 4 is 11.8 Å². The van der Waals surface area contributed by atoms with Gasteiger partial charge in [0.05, 0.1) is 0 Å². The maximum Gasteiger partial charge on any atom is 0.254 e. The van der Waals surface area contributed by atoms with Crippen LogP contribution in [-0.4, -0.2) is 22.8 Å². The number of fused-ring (bicyclic) bond motifs is 1. The Morgan fingerprint density at radius 1 is 0.952 bits per heavy atom. The Bertz CT molecular complexity index is 682. The van der Waals surface area contributed by atoms with Crippen LogP contribution in [0.15, 0.2) is 54.6 Å². The van der Waals surface area contributed by atoms with Gasteiger partial charge in [0.15, 0.2) is 0 Å². The fourth-order valence-corrected chi connectivity index (χ4v) is 2.74. The standard InChI is InChI=1S/C17H16N2O2/c18-16(20)15-10-13-8-4-5-9-14(13)11-19(15)17(21)12-6-2-1-3-7-12/h1-9,15H,10-11H2,(H2,18,20)/t15-/m1/s1. The van der Waals surface area contributed by atoms with E-state index in [4.69, 9.17) is 5.73 Å². The van der Waals surface area contributed by atoms with Crippen LogP contribution < -0.4 is 5.73 Å². The quantitative estimate of drug-likeness (QED) is 0.910. The zero-order chi connectivity index (χ0) is 14.8. The maximum atomic E-state index is 12.6. The molecule has 4 heteroatoms. The summed E-state index contributed by atoms with van der Waals surface area (Å²) < 4.78 is 0. The topological polar surface area (TPSA) is 63.4 Å². The van der Waals surface area contributed by atoms with Crippen molar-refractivity contribution in [2.45, 2.75) is 19.0 Å². The number of carbonyl (C=O) groups excluding carboxylic acids is 2. The molecule has 0 fully saturated rings. The zero-order valence-corrected chi connectivity index (χ0v) is 11.5. The van der Waals surface area contributed by atoms with E-state index < -0.39 is 11.9 Å². The Labute approximate surface area is 123 Å². The molecule has 1 aliphatic heterocycles.